The molecule has 0 unspecified atom stereocenters. The topological polar surface area (TPSA) is 158 Å². The Kier molecular flexibility index (Phi) is 19.6. The van der Waals surface area contributed by atoms with Gasteiger partial charge in [-0.3, -0.25) is 0 Å². The van der Waals surface area contributed by atoms with E-state index in [9.17, 15) is 31.2 Å². The van der Waals surface area contributed by atoms with Gasteiger partial charge < -0.3 is 51.4 Å². The number of carbonyl (C=O) groups excluding carboxylic acids is 2. The third-order valence-electron chi connectivity index (χ3n) is 12.0. The number of hydrogen-bond donors (Lipinski definition) is 0. The highest BCUT2D eigenvalue weighted by Gasteiger charge is 2.64. The average Bonchev–Trinajstić information content (AvgIpc) is 3.33. The first-order valence-electron chi connectivity index (χ1n) is 21.5. The van der Waals surface area contributed by atoms with Crippen LogP contribution in [-0.2, 0) is 51.7 Å². The molecule has 5 aliphatic rings. The molecule has 0 N–H and O–H groups in total. The minimum absolute atomic E-state index is 0. The van der Waals surface area contributed by atoms with Crippen molar-refractivity contribution in [1.82, 2.24) is 9.80 Å². The van der Waals surface area contributed by atoms with Crippen molar-refractivity contribution in [2.75, 3.05) is 26.2 Å². The molecule has 0 aromatic heterocycles. The molecule has 0 bridgehead atoms. The van der Waals surface area contributed by atoms with E-state index in [0.717, 1.165) is 18.3 Å². The zero-order valence-corrected chi connectivity index (χ0v) is 41.6. The summed E-state index contributed by atoms with van der Waals surface area (Å²) in [5, 5.41) is 0. The molecule has 0 aromatic carbocycles. The van der Waals surface area contributed by atoms with Crippen LogP contribution in [0.4, 0.5) is 22.8 Å². The Bertz CT molecular complexity index is 1730. The summed E-state index contributed by atoms with van der Waals surface area (Å²) >= 11 is 0. The fourth-order valence-electron chi connectivity index (χ4n) is 6.21. The minimum atomic E-state index is -5.68. The van der Waals surface area contributed by atoms with Crippen molar-refractivity contribution in [3.05, 3.63) is 23.4 Å². The first-order valence-corrected chi connectivity index (χ1v) is 22.9. The minimum Gasteiger partial charge on any atom is -0.444 e. The zero-order chi connectivity index (χ0) is 48.6. The summed E-state index contributed by atoms with van der Waals surface area (Å²) in [7, 11) is -6.96. The van der Waals surface area contributed by atoms with E-state index < -0.39 is 46.9 Å². The molecule has 5 rings (SSSR count). The molecular formula is C43H80B3F3N2O13S. The van der Waals surface area contributed by atoms with Crippen molar-refractivity contribution < 1.29 is 72.8 Å². The Morgan fingerprint density at radius 3 is 1.23 bits per heavy atom. The molecule has 0 aliphatic carbocycles. The van der Waals surface area contributed by atoms with Gasteiger partial charge in [0.15, 0.2) is 0 Å². The van der Waals surface area contributed by atoms with Crippen LogP contribution in [0.5, 0.6) is 0 Å². The molecule has 2 amide bonds. The van der Waals surface area contributed by atoms with Gasteiger partial charge in [-0.15, -0.1) is 0 Å². The second-order valence-corrected chi connectivity index (χ2v) is 22.8. The number of carbonyl (C=O) groups is 2. The van der Waals surface area contributed by atoms with Gasteiger partial charge in [0.2, 0.25) is 0 Å². The monoisotopic (exact) mass is 955 g/mol. The summed E-state index contributed by atoms with van der Waals surface area (Å²) < 4.78 is 109. The van der Waals surface area contributed by atoms with Gasteiger partial charge in [0.1, 0.15) is 17.0 Å². The molecule has 5 aliphatic heterocycles. The van der Waals surface area contributed by atoms with E-state index >= 15 is 0 Å². The molecule has 15 nitrogen and oxygen atoms in total. The Morgan fingerprint density at radius 1 is 0.569 bits per heavy atom. The van der Waals surface area contributed by atoms with Crippen LogP contribution in [0.25, 0.3) is 0 Å². The second-order valence-electron chi connectivity index (χ2n) is 21.3. The third-order valence-corrected chi connectivity index (χ3v) is 13.0. The molecule has 22 heteroatoms. The summed E-state index contributed by atoms with van der Waals surface area (Å²) in [6, 6.07) is 0. The first-order chi connectivity index (χ1) is 28.1. The van der Waals surface area contributed by atoms with E-state index in [1.807, 2.05) is 76.2 Å². The van der Waals surface area contributed by atoms with E-state index in [1.54, 1.807) is 25.7 Å². The smallest absolute Gasteiger partial charge is 0.444 e. The van der Waals surface area contributed by atoms with E-state index in [4.69, 9.17) is 37.4 Å². The molecule has 0 spiro atoms. The van der Waals surface area contributed by atoms with Crippen LogP contribution in [-0.4, -0.2) is 128 Å². The number of alkyl halides is 3. The number of rotatable bonds is 4. The number of halogens is 3. The average molecular weight is 955 g/mol. The van der Waals surface area contributed by atoms with Gasteiger partial charge >= 0.3 is 48.9 Å². The van der Waals surface area contributed by atoms with Gasteiger partial charge in [-0.25, -0.2) is 9.59 Å². The first kappa shape index (κ1) is 60.5. The zero-order valence-electron chi connectivity index (χ0n) is 40.8. The standard InChI is InChI=1S/C17H30BNO4.C12H24B2O4.C12H18F3NO5S.2CH4/c1-15(2,3)21-14(20)19-11-8-9-13(10-12-19)18-22-16(4,5)17(6,7)23-18;1-9(2)10(3,4)16-13(15-9)14-17-11(5,6)12(7,8)18-14;1-11(2,3)20-10(17)16-7-4-5-9(6-8-16)21-22(18,19)12(13,14)15;;/h9H,8,10-12H2,1-7H3;1-8H3;5H,4,6-8H2,1-3H3;2*1H4. The largest absolute Gasteiger partial charge is 0.534 e. The fourth-order valence-corrected chi connectivity index (χ4v) is 6.74. The van der Waals surface area contributed by atoms with Crippen molar-refractivity contribution in [2.45, 2.75) is 215 Å². The lowest BCUT2D eigenvalue weighted by Gasteiger charge is -2.32. The predicted octanol–water partition coefficient (Wildman–Crippen LogP) is 9.86. The number of hydrogen-bond acceptors (Lipinski definition) is 13. The highest BCUT2D eigenvalue weighted by Crippen LogP contribution is 2.43. The maximum absolute atomic E-state index is 12.3. The SMILES string of the molecule is C.C.CC(C)(C)OC(=O)N1CCC=C(B2OC(C)(C)C(C)(C)O2)CC1.CC(C)(C)OC(=O)N1CCC=C(OS(=O)(=O)C(F)(F)F)CC1.CC1(C)OB(B2OC(C)(C)C(C)(C)O2)OC1(C)C. The summed E-state index contributed by atoms with van der Waals surface area (Å²) in [4.78, 5) is 27.1. The van der Waals surface area contributed by atoms with E-state index in [0.29, 0.717) is 13.1 Å². The Balaban J connectivity index is 0.000000483. The van der Waals surface area contributed by atoms with E-state index in [1.165, 1.54) is 11.0 Å². The molecule has 65 heavy (non-hydrogen) atoms. The highest BCUT2D eigenvalue weighted by atomic mass is 32.2. The van der Waals surface area contributed by atoms with Gasteiger partial charge in [0, 0.05) is 32.6 Å². The lowest BCUT2D eigenvalue weighted by atomic mass is 9.49. The van der Waals surface area contributed by atoms with Crippen molar-refractivity contribution in [3.63, 3.8) is 0 Å². The highest BCUT2D eigenvalue weighted by molar-refractivity contribution is 7.87. The number of ether oxygens (including phenoxy) is 2. The molecule has 3 saturated heterocycles. The van der Waals surface area contributed by atoms with E-state index in [2.05, 4.69) is 38.0 Å². The molecule has 5 heterocycles. The second kappa shape index (κ2) is 21.0. The van der Waals surface area contributed by atoms with Crippen LogP contribution in [0.3, 0.4) is 0 Å². The van der Waals surface area contributed by atoms with Crippen molar-refractivity contribution in [3.8, 4) is 0 Å². The predicted molar refractivity (Wildman–Crippen MR) is 248 cm³/mol. The molecule has 0 aromatic rings. The molecule has 0 saturated carbocycles. The third kappa shape index (κ3) is 16.0. The molecule has 0 atom stereocenters. The van der Waals surface area contributed by atoms with Crippen molar-refractivity contribution in [2.24, 2.45) is 0 Å². The maximum Gasteiger partial charge on any atom is 0.534 e. The van der Waals surface area contributed by atoms with Crippen LogP contribution >= 0.6 is 0 Å². The molecular weight excluding hydrogens is 874 g/mol. The lowest BCUT2D eigenvalue weighted by Crippen LogP contribution is -2.41. The molecule has 3 fully saturated rings. The normalized spacial score (nSPS) is 23.4. The Labute approximate surface area is 390 Å². The van der Waals surface area contributed by atoms with Crippen LogP contribution in [0.2, 0.25) is 0 Å². The van der Waals surface area contributed by atoms with E-state index in [-0.39, 0.29) is 93.4 Å². The van der Waals surface area contributed by atoms with Gasteiger partial charge in [-0.05, 0) is 155 Å². The fraction of sp³-hybridized carbons (Fsp3) is 0.860. The number of amides is 2. The molecule has 376 valence electrons. The van der Waals surface area contributed by atoms with Crippen LogP contribution in [0.1, 0.15) is 165 Å². The van der Waals surface area contributed by atoms with Crippen molar-refractivity contribution >= 4 is 43.4 Å². The van der Waals surface area contributed by atoms with Gasteiger partial charge in [-0.2, -0.15) is 21.6 Å². The van der Waals surface area contributed by atoms with Crippen molar-refractivity contribution in [1.29, 1.82) is 0 Å². The summed E-state index contributed by atoms with van der Waals surface area (Å²) in [5.41, 5.74) is -7.64. The van der Waals surface area contributed by atoms with Crippen LogP contribution in [0.15, 0.2) is 23.4 Å². The number of nitrogens with zero attached hydrogens (tertiary/aromatic N) is 2. The van der Waals surface area contributed by atoms with Crippen LogP contribution < -0.4 is 0 Å². The maximum atomic E-state index is 12.3. The van der Waals surface area contributed by atoms with Crippen LogP contribution in [0, 0.1) is 0 Å². The quantitative estimate of drug-likeness (QED) is 0.149. The van der Waals surface area contributed by atoms with Gasteiger partial charge in [0.05, 0.1) is 33.6 Å². The molecule has 0 radical (unpaired) electrons. The lowest BCUT2D eigenvalue weighted by molar-refractivity contribution is -0.0524. The summed E-state index contributed by atoms with van der Waals surface area (Å²) in [6.07, 6.45) is 4.08. The van der Waals surface area contributed by atoms with Gasteiger partial charge in [0.25, 0.3) is 0 Å². The Hall–Kier alpha value is -2.49. The summed E-state index contributed by atoms with van der Waals surface area (Å²) in [6.45, 7) is 36.6. The summed E-state index contributed by atoms with van der Waals surface area (Å²) in [5.74, 6) is -0.330. The Morgan fingerprint density at radius 2 is 0.892 bits per heavy atom. The van der Waals surface area contributed by atoms with Gasteiger partial charge in [-0.1, -0.05) is 20.9 Å².